The van der Waals surface area contributed by atoms with Gasteiger partial charge in [-0.3, -0.25) is 4.79 Å². The van der Waals surface area contributed by atoms with Gasteiger partial charge in [0.05, 0.1) is 5.69 Å². The van der Waals surface area contributed by atoms with Crippen LogP contribution in [0, 0.1) is 17.8 Å². The van der Waals surface area contributed by atoms with Gasteiger partial charge in [0.15, 0.2) is 0 Å². The molecular formula is C19H26N2O4S. The maximum absolute atomic E-state index is 12.7. The molecule has 1 aliphatic heterocycles. The summed E-state index contributed by atoms with van der Waals surface area (Å²) in [5.41, 5.74) is 0.387. The van der Waals surface area contributed by atoms with Gasteiger partial charge in [-0.1, -0.05) is 39.3 Å². The summed E-state index contributed by atoms with van der Waals surface area (Å²) in [6.07, 6.45) is 4.05. The fourth-order valence-corrected chi connectivity index (χ4v) is 5.14. The number of benzene rings is 1. The van der Waals surface area contributed by atoms with Crippen LogP contribution in [0.5, 0.6) is 0 Å². The summed E-state index contributed by atoms with van der Waals surface area (Å²) < 4.78 is 32.0. The Bertz CT molecular complexity index is 804. The molecule has 0 radical (unpaired) electrons. The number of nitrogens with zero attached hydrogens (tertiary/aromatic N) is 2. The number of hydrogen-bond donors (Lipinski definition) is 0. The normalized spacial score (nSPS) is 27.2. The van der Waals surface area contributed by atoms with E-state index in [1.165, 1.54) is 12.4 Å². The van der Waals surface area contributed by atoms with E-state index in [1.54, 1.807) is 18.2 Å². The largest absolute Gasteiger partial charge is 0.461 e. The molecule has 1 aromatic carbocycles. The molecule has 1 fully saturated rings. The molecule has 0 amide bonds. The Balaban J connectivity index is 1.70. The highest BCUT2D eigenvalue weighted by atomic mass is 32.2. The summed E-state index contributed by atoms with van der Waals surface area (Å²) in [5, 5.41) is 0. The number of sulfonamides is 1. The van der Waals surface area contributed by atoms with E-state index in [0.717, 1.165) is 23.6 Å². The zero-order valence-electron chi connectivity index (χ0n) is 15.5. The highest BCUT2D eigenvalue weighted by Crippen LogP contribution is 2.35. The van der Waals surface area contributed by atoms with Gasteiger partial charge in [0.1, 0.15) is 23.9 Å². The number of aliphatic imine (C=N–C) groups is 1. The molecule has 7 heteroatoms. The quantitative estimate of drug-likeness (QED) is 0.753. The van der Waals surface area contributed by atoms with Crippen LogP contribution in [0.1, 0.15) is 40.0 Å². The molecule has 0 unspecified atom stereocenters. The highest BCUT2D eigenvalue weighted by molar-refractivity contribution is 7.89. The molecule has 3 atom stereocenters. The predicted molar refractivity (Wildman–Crippen MR) is 99.7 cm³/mol. The van der Waals surface area contributed by atoms with Crippen molar-refractivity contribution in [2.24, 2.45) is 22.7 Å². The summed E-state index contributed by atoms with van der Waals surface area (Å²) in [4.78, 5) is 16.7. The molecule has 6 nitrogen and oxygen atoms in total. The van der Waals surface area contributed by atoms with Gasteiger partial charge in [0, 0.05) is 0 Å². The second-order valence-corrected chi connectivity index (χ2v) is 9.48. The van der Waals surface area contributed by atoms with Gasteiger partial charge in [-0.25, -0.2) is 17.7 Å². The first-order valence-corrected chi connectivity index (χ1v) is 10.6. The predicted octanol–water partition coefficient (Wildman–Crippen LogP) is 3.35. The molecule has 1 aliphatic carbocycles. The molecule has 3 rings (SSSR count). The summed E-state index contributed by atoms with van der Waals surface area (Å²) in [6.45, 7) is 6.09. The van der Waals surface area contributed by atoms with E-state index >= 15 is 0 Å². The molecule has 1 heterocycles. The highest BCUT2D eigenvalue weighted by Gasteiger charge is 2.35. The second kappa shape index (κ2) is 7.39. The minimum Gasteiger partial charge on any atom is -0.461 e. The number of hydrogen-bond acceptors (Lipinski definition) is 5. The Morgan fingerprint density at radius 3 is 2.77 bits per heavy atom. The Labute approximate surface area is 155 Å². The van der Waals surface area contributed by atoms with E-state index < -0.39 is 16.0 Å². The van der Waals surface area contributed by atoms with Crippen molar-refractivity contribution in [1.82, 2.24) is 4.31 Å². The molecule has 142 valence electrons. The minimum absolute atomic E-state index is 0.113. The maximum Gasteiger partial charge on any atom is 0.327 e. The van der Waals surface area contributed by atoms with Crippen molar-refractivity contribution in [3.8, 4) is 0 Å². The molecule has 0 N–H and O–H groups in total. The van der Waals surface area contributed by atoms with Crippen molar-refractivity contribution >= 4 is 28.0 Å². The number of fused-ring (bicyclic) bond motifs is 1. The maximum atomic E-state index is 12.7. The first kappa shape index (κ1) is 18.9. The zero-order chi connectivity index (χ0) is 18.9. The molecule has 0 saturated heterocycles. The Morgan fingerprint density at radius 1 is 1.31 bits per heavy atom. The molecule has 0 aromatic heterocycles. The first-order valence-electron chi connectivity index (χ1n) is 9.13. The summed E-state index contributed by atoms with van der Waals surface area (Å²) in [7, 11) is -3.78. The third-order valence-corrected chi connectivity index (χ3v) is 7.05. The van der Waals surface area contributed by atoms with Crippen molar-refractivity contribution in [3.63, 3.8) is 0 Å². The number of carbonyl (C=O) groups is 1. The number of esters is 1. The molecular weight excluding hydrogens is 352 g/mol. The molecule has 0 bridgehead atoms. The lowest BCUT2D eigenvalue weighted by Gasteiger charge is -2.37. The monoisotopic (exact) mass is 378 g/mol. The smallest absolute Gasteiger partial charge is 0.327 e. The lowest BCUT2D eigenvalue weighted by molar-refractivity contribution is -0.155. The van der Waals surface area contributed by atoms with Crippen LogP contribution in [-0.4, -0.2) is 37.7 Å². The van der Waals surface area contributed by atoms with Gasteiger partial charge in [-0.15, -0.1) is 0 Å². The number of ether oxygens (including phenoxy) is 1. The number of carbonyl (C=O) groups excluding carboxylic acids is 1. The third kappa shape index (κ3) is 3.77. The average molecular weight is 378 g/mol. The lowest BCUT2D eigenvalue weighted by Crippen LogP contribution is -2.41. The van der Waals surface area contributed by atoms with Crippen LogP contribution in [0.25, 0.3) is 0 Å². The van der Waals surface area contributed by atoms with Crippen LogP contribution in [0.4, 0.5) is 5.69 Å². The lowest BCUT2D eigenvalue weighted by atomic mass is 9.75. The van der Waals surface area contributed by atoms with E-state index in [4.69, 9.17) is 4.74 Å². The van der Waals surface area contributed by atoms with Gasteiger partial charge in [-0.2, -0.15) is 0 Å². The van der Waals surface area contributed by atoms with Crippen LogP contribution in [0.2, 0.25) is 0 Å². The summed E-state index contributed by atoms with van der Waals surface area (Å²) >= 11 is 0. The first-order chi connectivity index (χ1) is 12.3. The van der Waals surface area contributed by atoms with Crippen LogP contribution >= 0.6 is 0 Å². The molecule has 1 aromatic rings. The van der Waals surface area contributed by atoms with E-state index in [1.807, 2.05) is 0 Å². The van der Waals surface area contributed by atoms with E-state index in [2.05, 4.69) is 25.8 Å². The van der Waals surface area contributed by atoms with Crippen LogP contribution in [0.15, 0.2) is 34.2 Å². The topological polar surface area (TPSA) is 76.0 Å². The minimum atomic E-state index is -3.78. The fraction of sp³-hybridized carbons (Fsp3) is 0.579. The average Bonchev–Trinajstić information content (AvgIpc) is 2.57. The van der Waals surface area contributed by atoms with Crippen molar-refractivity contribution in [2.75, 3.05) is 6.54 Å². The Morgan fingerprint density at radius 2 is 2.04 bits per heavy atom. The van der Waals surface area contributed by atoms with Gasteiger partial charge in [0.25, 0.3) is 10.0 Å². The fourth-order valence-electron chi connectivity index (χ4n) is 3.81. The summed E-state index contributed by atoms with van der Waals surface area (Å²) in [5.74, 6) is 0.731. The third-order valence-electron chi connectivity index (χ3n) is 5.31. The van der Waals surface area contributed by atoms with Crippen molar-refractivity contribution in [2.45, 2.75) is 51.0 Å². The van der Waals surface area contributed by atoms with Crippen LogP contribution < -0.4 is 0 Å². The standard InChI is InChI=1S/C19H26N2O4S/c1-13(2)15-9-8-14(3)10-17(15)25-19(22)11-21-12-20-16-6-4-5-7-18(16)26(21,23)24/h4-7,12-15,17H,8-11H2,1-3H3/t14-,15-,17-/m1/s1. The Kier molecular flexibility index (Phi) is 5.37. The molecule has 0 spiro atoms. The Hall–Kier alpha value is -1.89. The zero-order valence-corrected chi connectivity index (χ0v) is 16.3. The number of para-hydroxylation sites is 1. The van der Waals surface area contributed by atoms with Crippen LogP contribution in [0.3, 0.4) is 0 Å². The SMILES string of the molecule is CC(C)[C@H]1CC[C@@H](C)C[C@H]1OC(=O)CN1C=Nc2ccccc2S1(=O)=O. The molecule has 2 aliphatic rings. The van der Waals surface area contributed by atoms with Crippen molar-refractivity contribution in [3.05, 3.63) is 24.3 Å². The van der Waals surface area contributed by atoms with E-state index in [-0.39, 0.29) is 17.5 Å². The van der Waals surface area contributed by atoms with Crippen molar-refractivity contribution < 1.29 is 17.9 Å². The number of rotatable bonds is 4. The van der Waals surface area contributed by atoms with Gasteiger partial charge in [0.2, 0.25) is 0 Å². The summed E-state index contributed by atoms with van der Waals surface area (Å²) in [6, 6.07) is 6.50. The van der Waals surface area contributed by atoms with Crippen LogP contribution in [-0.2, 0) is 19.6 Å². The van der Waals surface area contributed by atoms with Gasteiger partial charge < -0.3 is 4.74 Å². The molecule has 26 heavy (non-hydrogen) atoms. The second-order valence-electron chi connectivity index (χ2n) is 7.62. The van der Waals surface area contributed by atoms with E-state index in [9.17, 15) is 13.2 Å². The van der Waals surface area contributed by atoms with Gasteiger partial charge >= 0.3 is 5.97 Å². The van der Waals surface area contributed by atoms with Gasteiger partial charge in [-0.05, 0) is 42.7 Å². The van der Waals surface area contributed by atoms with E-state index in [0.29, 0.717) is 23.4 Å². The molecule has 1 saturated carbocycles. The van der Waals surface area contributed by atoms with Crippen molar-refractivity contribution in [1.29, 1.82) is 0 Å².